The van der Waals surface area contributed by atoms with E-state index in [0.717, 1.165) is 23.1 Å². The van der Waals surface area contributed by atoms with Gasteiger partial charge in [0.15, 0.2) is 0 Å². The minimum atomic E-state index is -1.11. The van der Waals surface area contributed by atoms with Crippen LogP contribution in [0.3, 0.4) is 0 Å². The lowest BCUT2D eigenvalue weighted by atomic mass is 9.85. The van der Waals surface area contributed by atoms with Gasteiger partial charge in [0.25, 0.3) is 0 Å². The van der Waals surface area contributed by atoms with E-state index < -0.39 is 24.4 Å². The third-order valence-electron chi connectivity index (χ3n) is 6.23. The van der Waals surface area contributed by atoms with Gasteiger partial charge in [-0.2, -0.15) is 0 Å². The number of aliphatic hydroxyl groups excluding tert-OH is 4. The van der Waals surface area contributed by atoms with E-state index in [1.165, 1.54) is 15.0 Å². The van der Waals surface area contributed by atoms with Gasteiger partial charge in [0.2, 0.25) is 0 Å². The molecule has 0 unspecified atom stereocenters. The van der Waals surface area contributed by atoms with Gasteiger partial charge in [0.05, 0.1) is 25.4 Å². The number of fused-ring (bicyclic) bond motifs is 1. The Bertz CT molecular complexity index is 1010. The molecule has 1 aliphatic heterocycles. The van der Waals surface area contributed by atoms with Crippen molar-refractivity contribution >= 4 is 21.4 Å². The Morgan fingerprint density at radius 2 is 1.83 bits per heavy atom. The summed E-state index contributed by atoms with van der Waals surface area (Å²) in [4.78, 5) is 1.24. The third-order valence-corrected chi connectivity index (χ3v) is 7.35. The summed E-state index contributed by atoms with van der Waals surface area (Å²) < 4.78 is 7.17. The standard InChI is InChI=1S/C24H28O5S/c1-13-14(2)20(12-26)19(24-23(28)21(27)10-17(11-25)29-24)9-16(13)8-18-7-15-5-3-4-6-22(15)30-18/h3-7,9,17,21,23-28H,8,10-12H2,1-2H3/t17-,21-,23+,24-/m0/s1. The maximum Gasteiger partial charge on any atom is 0.112 e. The number of benzene rings is 2. The van der Waals surface area contributed by atoms with Crippen LogP contribution in [0.2, 0.25) is 0 Å². The van der Waals surface area contributed by atoms with Gasteiger partial charge in [-0.1, -0.05) is 24.3 Å². The molecule has 160 valence electrons. The molecule has 5 nitrogen and oxygen atoms in total. The fraction of sp³-hybridized carbons (Fsp3) is 0.417. The van der Waals surface area contributed by atoms with Crippen molar-refractivity contribution in [2.45, 2.75) is 57.7 Å². The zero-order chi connectivity index (χ0) is 21.4. The molecule has 0 amide bonds. The highest BCUT2D eigenvalue weighted by molar-refractivity contribution is 7.19. The molecule has 1 fully saturated rings. The Balaban J connectivity index is 1.76. The zero-order valence-corrected chi connectivity index (χ0v) is 18.0. The van der Waals surface area contributed by atoms with Crippen LogP contribution in [0.25, 0.3) is 10.1 Å². The molecule has 0 saturated carbocycles. The fourth-order valence-corrected chi connectivity index (χ4v) is 5.44. The fourth-order valence-electron chi connectivity index (χ4n) is 4.35. The average Bonchev–Trinajstić information content (AvgIpc) is 3.15. The molecule has 0 radical (unpaired) electrons. The van der Waals surface area contributed by atoms with Crippen LogP contribution in [-0.4, -0.2) is 45.3 Å². The highest BCUT2D eigenvalue weighted by atomic mass is 32.1. The number of ether oxygens (including phenoxy) is 1. The second-order valence-electron chi connectivity index (χ2n) is 8.09. The molecule has 30 heavy (non-hydrogen) atoms. The predicted octanol–water partition coefficient (Wildman–Crippen LogP) is 3.15. The molecule has 2 aromatic carbocycles. The zero-order valence-electron chi connectivity index (χ0n) is 17.2. The van der Waals surface area contributed by atoms with Crippen molar-refractivity contribution in [2.24, 2.45) is 0 Å². The van der Waals surface area contributed by atoms with E-state index in [-0.39, 0.29) is 19.6 Å². The van der Waals surface area contributed by atoms with Gasteiger partial charge in [-0.05, 0) is 59.2 Å². The lowest BCUT2D eigenvalue weighted by molar-refractivity contribution is -0.180. The van der Waals surface area contributed by atoms with E-state index in [2.05, 4.69) is 18.2 Å². The molecule has 2 heterocycles. The Hall–Kier alpha value is -1.80. The summed E-state index contributed by atoms with van der Waals surface area (Å²) >= 11 is 1.76. The van der Waals surface area contributed by atoms with E-state index in [4.69, 9.17) is 4.74 Å². The van der Waals surface area contributed by atoms with Gasteiger partial charge >= 0.3 is 0 Å². The minimum Gasteiger partial charge on any atom is -0.394 e. The molecule has 4 rings (SSSR count). The monoisotopic (exact) mass is 428 g/mol. The topological polar surface area (TPSA) is 90.2 Å². The number of hydrogen-bond acceptors (Lipinski definition) is 6. The lowest BCUT2D eigenvalue weighted by Gasteiger charge is -2.38. The second kappa shape index (κ2) is 8.75. The summed E-state index contributed by atoms with van der Waals surface area (Å²) in [7, 11) is 0. The van der Waals surface area contributed by atoms with Gasteiger partial charge in [-0.25, -0.2) is 0 Å². The molecule has 0 aliphatic carbocycles. The van der Waals surface area contributed by atoms with E-state index in [1.807, 2.05) is 32.0 Å². The van der Waals surface area contributed by atoms with Crippen molar-refractivity contribution in [3.05, 3.63) is 69.1 Å². The summed E-state index contributed by atoms with van der Waals surface area (Å²) in [5.41, 5.74) is 4.55. The number of thiophene rings is 1. The van der Waals surface area contributed by atoms with Crippen LogP contribution in [0, 0.1) is 13.8 Å². The minimum absolute atomic E-state index is 0.183. The van der Waals surface area contributed by atoms with E-state index in [0.29, 0.717) is 11.1 Å². The first-order valence-electron chi connectivity index (χ1n) is 10.3. The van der Waals surface area contributed by atoms with Crippen LogP contribution in [0.5, 0.6) is 0 Å². The van der Waals surface area contributed by atoms with Gasteiger partial charge < -0.3 is 25.2 Å². The molecule has 1 saturated heterocycles. The normalized spacial score (nSPS) is 24.5. The first-order chi connectivity index (χ1) is 14.4. The quantitative estimate of drug-likeness (QED) is 0.501. The highest BCUT2D eigenvalue weighted by Gasteiger charge is 2.38. The third kappa shape index (κ3) is 3.91. The van der Waals surface area contributed by atoms with Gasteiger partial charge in [-0.3, -0.25) is 0 Å². The molecule has 6 heteroatoms. The summed E-state index contributed by atoms with van der Waals surface area (Å²) in [6.45, 7) is 3.60. The molecule has 1 aromatic heterocycles. The van der Waals surface area contributed by atoms with Crippen LogP contribution in [0.4, 0.5) is 0 Å². The van der Waals surface area contributed by atoms with Gasteiger partial charge in [0.1, 0.15) is 12.2 Å². The molecular formula is C24H28O5S. The lowest BCUT2D eigenvalue weighted by Crippen LogP contribution is -2.45. The molecule has 3 aromatic rings. The Morgan fingerprint density at radius 1 is 1.07 bits per heavy atom. The summed E-state index contributed by atoms with van der Waals surface area (Å²) in [6.07, 6.45) is -2.53. The van der Waals surface area contributed by atoms with Gasteiger partial charge in [0, 0.05) is 22.4 Å². The van der Waals surface area contributed by atoms with Crippen molar-refractivity contribution < 1.29 is 25.2 Å². The van der Waals surface area contributed by atoms with Crippen LogP contribution < -0.4 is 0 Å². The van der Waals surface area contributed by atoms with Crippen LogP contribution in [-0.2, 0) is 17.8 Å². The summed E-state index contributed by atoms with van der Waals surface area (Å²) in [5, 5.41) is 41.7. The van der Waals surface area contributed by atoms with E-state index in [1.54, 1.807) is 11.3 Å². The van der Waals surface area contributed by atoms with Gasteiger partial charge in [-0.15, -0.1) is 11.3 Å². The molecule has 4 N–H and O–H groups in total. The van der Waals surface area contributed by atoms with E-state index in [9.17, 15) is 20.4 Å². The maximum atomic E-state index is 10.6. The Labute approximate surface area is 180 Å². The van der Waals surface area contributed by atoms with Crippen LogP contribution in [0.1, 0.15) is 45.2 Å². The molecule has 4 atom stereocenters. The Kier molecular flexibility index (Phi) is 6.25. The van der Waals surface area contributed by atoms with Crippen molar-refractivity contribution in [2.75, 3.05) is 6.61 Å². The number of hydrogen-bond donors (Lipinski definition) is 4. The summed E-state index contributed by atoms with van der Waals surface area (Å²) in [6, 6.07) is 12.5. The van der Waals surface area contributed by atoms with E-state index >= 15 is 0 Å². The smallest absolute Gasteiger partial charge is 0.112 e. The number of rotatable bonds is 5. The van der Waals surface area contributed by atoms with Crippen LogP contribution in [0.15, 0.2) is 36.4 Å². The van der Waals surface area contributed by atoms with Crippen LogP contribution >= 0.6 is 11.3 Å². The first-order valence-corrected chi connectivity index (χ1v) is 11.1. The average molecular weight is 429 g/mol. The predicted molar refractivity (Wildman–Crippen MR) is 118 cm³/mol. The Morgan fingerprint density at radius 3 is 2.53 bits per heavy atom. The molecule has 1 aliphatic rings. The highest BCUT2D eigenvalue weighted by Crippen LogP contribution is 2.38. The maximum absolute atomic E-state index is 10.6. The molecular weight excluding hydrogens is 400 g/mol. The van der Waals surface area contributed by atoms with Crippen molar-refractivity contribution in [3.63, 3.8) is 0 Å². The second-order valence-corrected chi connectivity index (χ2v) is 9.26. The van der Waals surface area contributed by atoms with Crippen molar-refractivity contribution in [3.8, 4) is 0 Å². The SMILES string of the molecule is Cc1c(Cc2cc3ccccc3s2)cc([C@@H]2O[C@H](CO)C[C@H](O)[C@H]2O)c(CO)c1C. The molecule has 0 bridgehead atoms. The van der Waals surface area contributed by atoms with Crippen molar-refractivity contribution in [1.82, 2.24) is 0 Å². The summed E-state index contributed by atoms with van der Waals surface area (Å²) in [5.74, 6) is 0. The van der Waals surface area contributed by atoms with Crippen molar-refractivity contribution in [1.29, 1.82) is 0 Å². The largest absolute Gasteiger partial charge is 0.394 e. The molecule has 0 spiro atoms. The number of aliphatic hydroxyl groups is 4. The first kappa shape index (κ1) is 21.4.